The van der Waals surface area contributed by atoms with Gasteiger partial charge in [-0.1, -0.05) is 6.07 Å². The Hall–Kier alpha value is -3.24. The Bertz CT molecular complexity index is 1730. The van der Waals surface area contributed by atoms with Gasteiger partial charge in [-0.05, 0) is 93.4 Å². The summed E-state index contributed by atoms with van der Waals surface area (Å²) in [6.45, 7) is 11.2. The van der Waals surface area contributed by atoms with Crippen LogP contribution in [0.3, 0.4) is 0 Å². The summed E-state index contributed by atoms with van der Waals surface area (Å²) in [4.78, 5) is 14.4. The molecule has 0 aliphatic carbocycles. The maximum atomic E-state index is 12.9. The van der Waals surface area contributed by atoms with Gasteiger partial charge in [0, 0.05) is 61.1 Å². The van der Waals surface area contributed by atoms with E-state index in [-0.39, 0.29) is 10.9 Å². The topological polar surface area (TPSA) is 85.0 Å². The van der Waals surface area contributed by atoms with E-state index in [1.165, 1.54) is 36.7 Å². The lowest BCUT2D eigenvalue weighted by molar-refractivity contribution is -0.126. The Kier molecular flexibility index (Phi) is 8.69. The van der Waals surface area contributed by atoms with Crippen molar-refractivity contribution in [3.8, 4) is 6.07 Å². The lowest BCUT2D eigenvalue weighted by Gasteiger charge is -2.39. The van der Waals surface area contributed by atoms with Gasteiger partial charge in [0.2, 0.25) is 0 Å². The first-order valence-electron chi connectivity index (χ1n) is 16.4. The minimum atomic E-state index is -4.25. The smallest absolute Gasteiger partial charge is 0.367 e. The molecule has 46 heavy (non-hydrogen) atoms. The number of aryl methyl sites for hydroxylation is 1. The zero-order chi connectivity index (χ0) is 31.9. The number of nitrogens with zero attached hydrogens (tertiary/aromatic N) is 6. The molecule has 6 heterocycles. The van der Waals surface area contributed by atoms with Crippen molar-refractivity contribution in [2.75, 3.05) is 51.1 Å². The van der Waals surface area contributed by atoms with E-state index < -0.39 is 12.6 Å². The number of piperidine rings is 2. The fourth-order valence-corrected chi connectivity index (χ4v) is 8.74. The van der Waals surface area contributed by atoms with Gasteiger partial charge in [-0.25, -0.2) is 9.97 Å². The Balaban J connectivity index is 0.963. The van der Waals surface area contributed by atoms with Crippen LogP contribution >= 0.6 is 11.3 Å². The molecule has 7 rings (SSSR count). The predicted molar refractivity (Wildman–Crippen MR) is 176 cm³/mol. The average Bonchev–Trinajstić information content (AvgIpc) is 3.76. The maximum Gasteiger partial charge on any atom is 0.393 e. The number of thiophene rings is 1. The van der Waals surface area contributed by atoms with E-state index in [1.807, 2.05) is 0 Å². The van der Waals surface area contributed by atoms with E-state index in [0.29, 0.717) is 21.4 Å². The standard InChI is InChI=1S/C34H41F3N8S/c1-23-24(2-3-30-28(23)16-26(19-38)45(30)15-14-43-12-7-33(8-13-43)6-9-39-21-33)20-44-10-4-25(5-11-44)42-31-29-17-27(18-34(35,36)37)46-32(29)41-22-40-31/h2-3,16-17,22,25,39H,4-15,18,20-21H2,1H3,(H,40,41,42). The van der Waals surface area contributed by atoms with E-state index in [9.17, 15) is 18.4 Å². The number of halogens is 3. The summed E-state index contributed by atoms with van der Waals surface area (Å²) in [5, 5.41) is 18.9. The zero-order valence-corrected chi connectivity index (χ0v) is 27.1. The van der Waals surface area contributed by atoms with Crippen LogP contribution in [0.5, 0.6) is 0 Å². The second-order valence-electron chi connectivity index (χ2n) is 13.5. The molecule has 244 valence electrons. The second-order valence-corrected chi connectivity index (χ2v) is 14.6. The molecule has 0 radical (unpaired) electrons. The molecule has 1 aromatic carbocycles. The van der Waals surface area contributed by atoms with Crippen LogP contribution in [0.4, 0.5) is 19.0 Å². The summed E-state index contributed by atoms with van der Waals surface area (Å²) < 4.78 is 41.0. The summed E-state index contributed by atoms with van der Waals surface area (Å²) in [5.74, 6) is 0.613. The third-order valence-electron chi connectivity index (χ3n) is 10.5. The van der Waals surface area contributed by atoms with E-state index >= 15 is 0 Å². The van der Waals surface area contributed by atoms with E-state index in [2.05, 4.69) is 66.2 Å². The molecule has 0 unspecified atom stereocenters. The van der Waals surface area contributed by atoms with Crippen LogP contribution in [0, 0.1) is 23.7 Å². The molecule has 2 N–H and O–H groups in total. The van der Waals surface area contributed by atoms with Crippen molar-refractivity contribution < 1.29 is 13.2 Å². The summed E-state index contributed by atoms with van der Waals surface area (Å²) >= 11 is 1.08. The highest BCUT2D eigenvalue weighted by Gasteiger charge is 2.37. The van der Waals surface area contributed by atoms with Crippen LogP contribution in [0.2, 0.25) is 0 Å². The monoisotopic (exact) mass is 650 g/mol. The molecule has 8 nitrogen and oxygen atoms in total. The number of alkyl halides is 3. The van der Waals surface area contributed by atoms with Gasteiger partial charge in [0.05, 0.1) is 11.8 Å². The number of nitriles is 1. The number of hydrogen-bond donors (Lipinski definition) is 2. The average molecular weight is 651 g/mol. The van der Waals surface area contributed by atoms with Crippen molar-refractivity contribution in [1.82, 2.24) is 29.7 Å². The first kappa shape index (κ1) is 31.4. The van der Waals surface area contributed by atoms with Gasteiger partial charge in [0.15, 0.2) is 0 Å². The predicted octanol–water partition coefficient (Wildman–Crippen LogP) is 6.08. The molecular weight excluding hydrogens is 609 g/mol. The molecule has 4 aromatic rings. The highest BCUT2D eigenvalue weighted by molar-refractivity contribution is 7.18. The number of anilines is 1. The van der Waals surface area contributed by atoms with Crippen molar-refractivity contribution >= 4 is 38.3 Å². The molecule has 3 fully saturated rings. The Morgan fingerprint density at radius 1 is 1.04 bits per heavy atom. The molecule has 0 amide bonds. The van der Waals surface area contributed by atoms with E-state index in [1.54, 1.807) is 6.07 Å². The summed E-state index contributed by atoms with van der Waals surface area (Å²) in [5.41, 5.74) is 4.88. The fraction of sp³-hybridized carbons (Fsp3) is 0.559. The third kappa shape index (κ3) is 6.61. The molecule has 3 aliphatic heterocycles. The minimum Gasteiger partial charge on any atom is -0.367 e. The van der Waals surface area contributed by atoms with Crippen LogP contribution in [-0.4, -0.2) is 82.4 Å². The van der Waals surface area contributed by atoms with Crippen LogP contribution in [0.15, 0.2) is 30.6 Å². The van der Waals surface area contributed by atoms with E-state index in [4.69, 9.17) is 0 Å². The summed E-state index contributed by atoms with van der Waals surface area (Å²) in [6, 6.07) is 10.7. The van der Waals surface area contributed by atoms with Gasteiger partial charge in [-0.2, -0.15) is 18.4 Å². The molecule has 3 aromatic heterocycles. The van der Waals surface area contributed by atoms with E-state index in [0.717, 1.165) is 99.7 Å². The quantitative estimate of drug-likeness (QED) is 0.239. The molecular formula is C34H41F3N8S. The number of fused-ring (bicyclic) bond motifs is 2. The molecule has 0 atom stereocenters. The SMILES string of the molecule is Cc1c(CN2CCC(Nc3ncnc4sc(CC(F)(F)F)cc34)CC2)ccc2c1cc(C#N)n2CCN1CCC2(CCNC2)CC1. The lowest BCUT2D eigenvalue weighted by Crippen LogP contribution is -2.42. The number of rotatable bonds is 8. The number of benzene rings is 1. The van der Waals surface area contributed by atoms with Crippen molar-refractivity contribution in [3.63, 3.8) is 0 Å². The maximum absolute atomic E-state index is 12.9. The number of hydrogen-bond acceptors (Lipinski definition) is 8. The molecule has 0 saturated carbocycles. The third-order valence-corrected chi connectivity index (χ3v) is 11.6. The Morgan fingerprint density at radius 2 is 1.85 bits per heavy atom. The van der Waals surface area contributed by atoms with Gasteiger partial charge in [0.25, 0.3) is 0 Å². The van der Waals surface area contributed by atoms with Crippen LogP contribution in [-0.2, 0) is 19.5 Å². The lowest BCUT2D eigenvalue weighted by atomic mass is 9.78. The zero-order valence-electron chi connectivity index (χ0n) is 26.3. The van der Waals surface area contributed by atoms with Crippen LogP contribution in [0.1, 0.15) is 53.8 Å². The highest BCUT2D eigenvalue weighted by Crippen LogP contribution is 2.37. The van der Waals surface area contributed by atoms with Gasteiger partial charge in [-0.3, -0.25) is 4.90 Å². The largest absolute Gasteiger partial charge is 0.393 e. The normalized spacial score (nSPS) is 19.8. The summed E-state index contributed by atoms with van der Waals surface area (Å²) in [6.07, 6.45) is 1.88. The number of nitrogens with one attached hydrogen (secondary N) is 2. The first-order valence-corrected chi connectivity index (χ1v) is 17.2. The van der Waals surface area contributed by atoms with Gasteiger partial charge in [-0.15, -0.1) is 11.3 Å². The van der Waals surface area contributed by atoms with Gasteiger partial charge in [0.1, 0.15) is 28.7 Å². The molecule has 12 heteroatoms. The van der Waals surface area contributed by atoms with Crippen molar-refractivity contribution in [1.29, 1.82) is 5.26 Å². The molecule has 1 spiro atoms. The van der Waals surface area contributed by atoms with Crippen molar-refractivity contribution in [2.24, 2.45) is 5.41 Å². The molecule has 3 aliphatic rings. The van der Waals surface area contributed by atoms with Crippen LogP contribution in [0.25, 0.3) is 21.1 Å². The Labute approximate surface area is 271 Å². The van der Waals surface area contributed by atoms with Crippen molar-refractivity contribution in [2.45, 2.75) is 70.8 Å². The van der Waals surface area contributed by atoms with Gasteiger partial charge < -0.3 is 20.1 Å². The van der Waals surface area contributed by atoms with Gasteiger partial charge >= 0.3 is 6.18 Å². The Morgan fingerprint density at radius 3 is 2.57 bits per heavy atom. The fourth-order valence-electron chi connectivity index (χ4n) is 7.72. The number of aromatic nitrogens is 3. The van der Waals surface area contributed by atoms with Crippen LogP contribution < -0.4 is 10.6 Å². The molecule has 0 bridgehead atoms. The second kappa shape index (κ2) is 12.8. The summed E-state index contributed by atoms with van der Waals surface area (Å²) in [7, 11) is 0. The highest BCUT2D eigenvalue weighted by atomic mass is 32.1. The first-order chi connectivity index (χ1) is 22.2. The molecule has 3 saturated heterocycles. The number of likely N-dealkylation sites (tertiary alicyclic amines) is 2. The minimum absolute atomic E-state index is 0.191. The van der Waals surface area contributed by atoms with Crippen molar-refractivity contribution in [3.05, 3.63) is 52.3 Å².